The number of imidazole rings is 1. The van der Waals surface area contributed by atoms with Gasteiger partial charge in [-0.05, 0) is 30.9 Å². The van der Waals surface area contributed by atoms with Crippen LogP contribution in [0.2, 0.25) is 0 Å². The molecule has 0 unspecified atom stereocenters. The molecular formula is C20H22N5NaO5S2. The number of allylic oxidation sites excluding steroid dienone is 1. The van der Waals surface area contributed by atoms with Crippen molar-refractivity contribution in [1.82, 2.24) is 25.1 Å². The first-order chi connectivity index (χ1) is 15.4. The third-order valence-corrected chi connectivity index (χ3v) is 8.03. The molecule has 0 radical (unpaired) electrons. The fraction of sp³-hybridized carbons (Fsp3) is 0.450. The summed E-state index contributed by atoms with van der Waals surface area (Å²) >= 11 is 2.61. The van der Waals surface area contributed by atoms with Crippen molar-refractivity contribution in [2.24, 2.45) is 0 Å². The number of aliphatic carboxylic acids is 1. The van der Waals surface area contributed by atoms with Gasteiger partial charge in [-0.2, -0.15) is 0 Å². The zero-order valence-corrected chi connectivity index (χ0v) is 21.6. The summed E-state index contributed by atoms with van der Waals surface area (Å²) in [6.45, 7) is 0.660. The Bertz CT molecular complexity index is 1060. The largest absolute Gasteiger partial charge is 1.00 e. The molecule has 3 fully saturated rings. The van der Waals surface area contributed by atoms with Crippen LogP contribution in [0.5, 0.6) is 0 Å². The molecule has 4 aliphatic rings. The number of nitrogens with zero attached hydrogens (tertiary/aromatic N) is 3. The van der Waals surface area contributed by atoms with Crippen LogP contribution in [0, 0.1) is 0 Å². The summed E-state index contributed by atoms with van der Waals surface area (Å²) in [6, 6.07) is -0.453. The predicted octanol–water partition coefficient (Wildman–Crippen LogP) is -2.32. The van der Waals surface area contributed by atoms with E-state index >= 15 is 0 Å². The average molecular weight is 500 g/mol. The fourth-order valence-electron chi connectivity index (χ4n) is 4.15. The van der Waals surface area contributed by atoms with Crippen LogP contribution in [0.15, 0.2) is 40.5 Å². The van der Waals surface area contributed by atoms with E-state index in [0.717, 1.165) is 12.8 Å². The molecule has 13 heteroatoms. The van der Waals surface area contributed by atoms with Crippen molar-refractivity contribution >= 4 is 47.2 Å². The quantitative estimate of drug-likeness (QED) is 0.165. The molecule has 0 spiro atoms. The van der Waals surface area contributed by atoms with Gasteiger partial charge in [0.05, 0.1) is 5.75 Å². The number of hydrogen-bond acceptors (Lipinski definition) is 7. The number of carboxylic acids is 1. The Kier molecular flexibility index (Phi) is 7.29. The molecule has 1 aromatic rings. The number of β-lactam (4-membered cyclic amide) rings is 1. The maximum Gasteiger partial charge on any atom is 1.00 e. The number of carbonyl (C=O) groups is 4. The summed E-state index contributed by atoms with van der Waals surface area (Å²) in [5, 5.41) is 12.6. The molecular weight excluding hydrogens is 477 g/mol. The molecule has 33 heavy (non-hydrogen) atoms. The van der Waals surface area contributed by atoms with Gasteiger partial charge < -0.3 is 21.7 Å². The van der Waals surface area contributed by atoms with E-state index in [9.17, 15) is 24.3 Å². The molecule has 2 saturated heterocycles. The van der Waals surface area contributed by atoms with Gasteiger partial charge in [-0.15, -0.1) is 11.8 Å². The Morgan fingerprint density at radius 2 is 2.18 bits per heavy atom. The average Bonchev–Trinajstić information content (AvgIpc) is 3.35. The third-order valence-electron chi connectivity index (χ3n) is 5.82. The first-order valence-electron chi connectivity index (χ1n) is 10.3. The summed E-state index contributed by atoms with van der Waals surface area (Å²) < 4.78 is 0. The smallest absolute Gasteiger partial charge is 1.00 e. The zero-order chi connectivity index (χ0) is 22.4. The molecule has 1 aromatic heterocycles. The molecule has 1 aliphatic carbocycles. The number of aromatic nitrogens is 2. The number of likely N-dealkylation sites (tertiary alicyclic amines) is 1. The van der Waals surface area contributed by atoms with Crippen LogP contribution in [-0.4, -0.2) is 84.1 Å². The fourth-order valence-corrected chi connectivity index (χ4v) is 6.09. The third kappa shape index (κ3) is 4.76. The number of amides is 3. The topological polar surface area (TPSA) is 136 Å². The number of hydrogen-bond donors (Lipinski definition) is 3. The Hall–Kier alpha value is -1.73. The van der Waals surface area contributed by atoms with Crippen molar-refractivity contribution < 1.29 is 55.3 Å². The SMILES string of the molecule is O=C(CSc1ncc[nH]1)N[C@@H]1C(=O)N2C(C(=O)O)=C(/C=C3\CCN(C4CC4)C3=O)CS[C@H]12.[H-].[Na+]. The Morgan fingerprint density at radius 3 is 2.85 bits per heavy atom. The van der Waals surface area contributed by atoms with Gasteiger partial charge in [-0.25, -0.2) is 9.78 Å². The van der Waals surface area contributed by atoms with E-state index in [1.807, 2.05) is 4.90 Å². The van der Waals surface area contributed by atoms with Crippen molar-refractivity contribution in [1.29, 1.82) is 0 Å². The van der Waals surface area contributed by atoms with Gasteiger partial charge in [0.2, 0.25) is 11.8 Å². The second kappa shape index (κ2) is 9.87. The van der Waals surface area contributed by atoms with Crippen LogP contribution in [0.25, 0.3) is 0 Å². The minimum Gasteiger partial charge on any atom is -1.00 e. The van der Waals surface area contributed by atoms with E-state index in [1.54, 1.807) is 18.5 Å². The van der Waals surface area contributed by atoms with Gasteiger partial charge in [-0.1, -0.05) is 11.8 Å². The normalized spacial score (nSPS) is 25.6. The van der Waals surface area contributed by atoms with Gasteiger partial charge in [0.15, 0.2) is 5.16 Å². The Morgan fingerprint density at radius 1 is 1.39 bits per heavy atom. The molecule has 3 N–H and O–H groups in total. The summed E-state index contributed by atoms with van der Waals surface area (Å²) in [7, 11) is 0. The molecule has 4 heterocycles. The standard InChI is InChI=1S/C20H21N5O5S2.Na.H/c26-13(9-32-20-21-4-5-22-20)23-14-17(28)25-15(19(29)30)11(8-31-18(14)25)7-10-3-6-24(16(10)27)12-1-2-12;;/h4-5,7,12,14,18H,1-3,6,8-9H2,(H,21,22)(H,23,26)(H,29,30);;/q;+1;-1/b10-7+;;/t14-,18-;;/m1../s1. The minimum absolute atomic E-state index is 0. The van der Waals surface area contributed by atoms with Crippen LogP contribution in [-0.2, 0) is 19.2 Å². The number of aromatic amines is 1. The van der Waals surface area contributed by atoms with Gasteiger partial charge >= 0.3 is 35.5 Å². The molecule has 3 aliphatic heterocycles. The van der Waals surface area contributed by atoms with E-state index in [1.165, 1.54) is 28.4 Å². The van der Waals surface area contributed by atoms with E-state index < -0.39 is 23.3 Å². The molecule has 1 saturated carbocycles. The minimum atomic E-state index is -1.21. The maximum atomic E-state index is 12.8. The van der Waals surface area contributed by atoms with Gasteiger partial charge in [0.25, 0.3) is 5.91 Å². The summed E-state index contributed by atoms with van der Waals surface area (Å²) in [6.07, 6.45) is 7.52. The number of carbonyl (C=O) groups excluding carboxylic acids is 3. The second-order valence-electron chi connectivity index (χ2n) is 7.97. The monoisotopic (exact) mass is 499 g/mol. The maximum absolute atomic E-state index is 12.8. The number of carboxylic acid groups (broad SMARTS) is 1. The van der Waals surface area contributed by atoms with E-state index in [0.29, 0.717) is 41.1 Å². The van der Waals surface area contributed by atoms with Crippen LogP contribution >= 0.6 is 23.5 Å². The molecule has 0 bridgehead atoms. The van der Waals surface area contributed by atoms with Crippen molar-refractivity contribution in [3.05, 3.63) is 35.3 Å². The Balaban J connectivity index is 0.00000162. The number of fused-ring (bicyclic) bond motifs is 1. The van der Waals surface area contributed by atoms with Crippen molar-refractivity contribution in [2.45, 2.75) is 41.9 Å². The molecule has 2 atom stereocenters. The number of rotatable bonds is 7. The van der Waals surface area contributed by atoms with Crippen LogP contribution in [0.3, 0.4) is 0 Å². The summed E-state index contributed by atoms with van der Waals surface area (Å²) in [5.74, 6) is -1.58. The van der Waals surface area contributed by atoms with E-state index in [4.69, 9.17) is 0 Å². The molecule has 3 amide bonds. The second-order valence-corrected chi connectivity index (χ2v) is 10.0. The Labute approximate surface area is 221 Å². The molecule has 0 aromatic carbocycles. The zero-order valence-electron chi connectivity index (χ0n) is 18.9. The number of thioether (sulfide) groups is 2. The summed E-state index contributed by atoms with van der Waals surface area (Å²) in [5.41, 5.74) is 0.961. The van der Waals surface area contributed by atoms with Gasteiger partial charge in [0, 0.05) is 36.3 Å². The predicted molar refractivity (Wildman–Crippen MR) is 118 cm³/mol. The summed E-state index contributed by atoms with van der Waals surface area (Å²) in [4.78, 5) is 59.7. The molecule has 170 valence electrons. The van der Waals surface area contributed by atoms with Crippen molar-refractivity contribution in [3.63, 3.8) is 0 Å². The molecule has 10 nitrogen and oxygen atoms in total. The van der Waals surface area contributed by atoms with Crippen molar-refractivity contribution in [3.8, 4) is 0 Å². The van der Waals surface area contributed by atoms with Crippen LogP contribution in [0.1, 0.15) is 20.7 Å². The van der Waals surface area contributed by atoms with Gasteiger partial charge in [0.1, 0.15) is 17.1 Å². The first-order valence-corrected chi connectivity index (χ1v) is 12.3. The number of H-pyrrole nitrogens is 1. The number of nitrogens with one attached hydrogen (secondary N) is 2. The van der Waals surface area contributed by atoms with Crippen LogP contribution < -0.4 is 34.9 Å². The van der Waals surface area contributed by atoms with E-state index in [2.05, 4.69) is 15.3 Å². The van der Waals surface area contributed by atoms with Crippen LogP contribution in [0.4, 0.5) is 0 Å². The first kappa shape index (κ1) is 24.4. The molecule has 5 rings (SSSR count). The van der Waals surface area contributed by atoms with Gasteiger partial charge in [-0.3, -0.25) is 19.3 Å². The van der Waals surface area contributed by atoms with Crippen molar-refractivity contribution in [2.75, 3.05) is 18.1 Å². The van der Waals surface area contributed by atoms with E-state index in [-0.39, 0.29) is 54.2 Å².